The predicted molar refractivity (Wildman–Crippen MR) is 65.2 cm³/mol. The highest BCUT2D eigenvalue weighted by atomic mass is 79.9. The van der Waals surface area contributed by atoms with Gasteiger partial charge >= 0.3 is 0 Å². The van der Waals surface area contributed by atoms with E-state index in [4.69, 9.17) is 10.7 Å². The molecule has 0 atom stereocenters. The third-order valence-electron chi connectivity index (χ3n) is 2.35. The lowest BCUT2D eigenvalue weighted by Gasteiger charge is -1.99. The van der Waals surface area contributed by atoms with Gasteiger partial charge in [-0.2, -0.15) is 0 Å². The topological polar surface area (TPSA) is 38.0 Å². The molecule has 0 unspecified atom stereocenters. The molecule has 96 valence electrons. The predicted octanol–water partition coefficient (Wildman–Crippen LogP) is -1.05. The van der Waals surface area contributed by atoms with Gasteiger partial charge in [0.15, 0.2) is 18.9 Å². The van der Waals surface area contributed by atoms with Crippen molar-refractivity contribution in [2.75, 3.05) is 0 Å². The van der Waals surface area contributed by atoms with E-state index in [1.165, 1.54) is 12.1 Å². The fraction of sp³-hybridized carbons (Fsp3) is 0.0833. The number of rotatable bonds is 3. The maximum absolute atomic E-state index is 11.1. The summed E-state index contributed by atoms with van der Waals surface area (Å²) in [7, 11) is 1.61. The molecule has 0 saturated heterocycles. The number of halogens is 2. The lowest BCUT2D eigenvalue weighted by Crippen LogP contribution is -3.00. The van der Waals surface area contributed by atoms with Crippen molar-refractivity contribution in [3.05, 3.63) is 60.4 Å². The molecule has 1 aromatic carbocycles. The quantitative estimate of drug-likeness (QED) is 0.525. The number of benzene rings is 1. The van der Waals surface area contributed by atoms with E-state index in [0.29, 0.717) is 6.54 Å². The van der Waals surface area contributed by atoms with E-state index in [9.17, 15) is 8.42 Å². The minimum absolute atomic E-state index is 0. The van der Waals surface area contributed by atoms with Crippen LogP contribution in [0.3, 0.4) is 0 Å². The van der Waals surface area contributed by atoms with Gasteiger partial charge < -0.3 is 17.0 Å². The maximum Gasteiger partial charge on any atom is 0.261 e. The van der Waals surface area contributed by atoms with Gasteiger partial charge in [0.1, 0.15) is 0 Å². The molecule has 0 radical (unpaired) electrons. The van der Waals surface area contributed by atoms with Crippen molar-refractivity contribution in [3.8, 4) is 0 Å². The summed E-state index contributed by atoms with van der Waals surface area (Å²) in [5, 5.41) is 0. The second-order valence-corrected chi connectivity index (χ2v) is 6.20. The zero-order valence-electron chi connectivity index (χ0n) is 9.33. The minimum Gasteiger partial charge on any atom is -1.00 e. The first-order valence-corrected chi connectivity index (χ1v) is 7.34. The van der Waals surface area contributed by atoms with Gasteiger partial charge in [-0.3, -0.25) is 0 Å². The largest absolute Gasteiger partial charge is 1.00 e. The Morgan fingerprint density at radius 3 is 2.06 bits per heavy atom. The molecule has 1 heterocycles. The van der Waals surface area contributed by atoms with Crippen LogP contribution in [-0.4, -0.2) is 8.42 Å². The number of hydrogen-bond donors (Lipinski definition) is 0. The van der Waals surface area contributed by atoms with E-state index >= 15 is 0 Å². The Hall–Kier alpha value is -0.910. The molecule has 3 nitrogen and oxygen atoms in total. The highest BCUT2D eigenvalue weighted by Crippen LogP contribution is 2.15. The van der Waals surface area contributed by atoms with E-state index < -0.39 is 9.05 Å². The second kappa shape index (κ2) is 6.31. The molecular weight excluding hydrogens is 338 g/mol. The lowest BCUT2D eigenvalue weighted by atomic mass is 10.2. The van der Waals surface area contributed by atoms with Crippen LogP contribution < -0.4 is 21.5 Å². The number of hydrogen-bond acceptors (Lipinski definition) is 2. The SMILES string of the molecule is O=S(=O)(Cl)c1ccc(C[n+]2ccccc2)cc1.[Br-]. The molecule has 18 heavy (non-hydrogen) atoms. The molecule has 0 amide bonds. The fourth-order valence-electron chi connectivity index (χ4n) is 1.51. The molecule has 2 rings (SSSR count). The average Bonchev–Trinajstić information content (AvgIpc) is 2.30. The maximum atomic E-state index is 11.1. The van der Waals surface area contributed by atoms with Gasteiger partial charge in [-0.25, -0.2) is 13.0 Å². The van der Waals surface area contributed by atoms with Crippen molar-refractivity contribution in [1.82, 2.24) is 0 Å². The third kappa shape index (κ3) is 4.08. The Labute approximate surface area is 121 Å². The number of nitrogens with zero attached hydrogens (tertiary/aromatic N) is 1. The zero-order chi connectivity index (χ0) is 12.3. The van der Waals surface area contributed by atoms with Crippen LogP contribution in [0.5, 0.6) is 0 Å². The summed E-state index contributed by atoms with van der Waals surface area (Å²) in [6.07, 6.45) is 3.90. The van der Waals surface area contributed by atoms with E-state index in [2.05, 4.69) is 0 Å². The van der Waals surface area contributed by atoms with E-state index in [-0.39, 0.29) is 21.9 Å². The van der Waals surface area contributed by atoms with E-state index in [0.717, 1.165) is 5.56 Å². The van der Waals surface area contributed by atoms with Crippen molar-refractivity contribution in [1.29, 1.82) is 0 Å². The van der Waals surface area contributed by atoms with Crippen LogP contribution in [0.25, 0.3) is 0 Å². The second-order valence-electron chi connectivity index (χ2n) is 3.63. The minimum atomic E-state index is -3.63. The van der Waals surface area contributed by atoms with E-state index in [1.54, 1.807) is 12.1 Å². The first-order valence-electron chi connectivity index (χ1n) is 5.03. The molecular formula is C12H11BrClNO2S. The summed E-state index contributed by atoms with van der Waals surface area (Å²) in [6.45, 7) is 0.698. The average molecular weight is 349 g/mol. The van der Waals surface area contributed by atoms with Crippen molar-refractivity contribution in [3.63, 3.8) is 0 Å². The number of aromatic nitrogens is 1. The van der Waals surface area contributed by atoms with Crippen LogP contribution in [0.2, 0.25) is 0 Å². The van der Waals surface area contributed by atoms with Gasteiger partial charge in [-0.15, -0.1) is 0 Å². The Morgan fingerprint density at radius 1 is 1.00 bits per heavy atom. The molecule has 6 heteroatoms. The van der Waals surface area contributed by atoms with E-state index in [1.807, 2.05) is 35.2 Å². The molecule has 1 aromatic heterocycles. The Bertz CT molecular complexity index is 600. The van der Waals surface area contributed by atoms with Crippen molar-refractivity contribution >= 4 is 19.7 Å². The lowest BCUT2D eigenvalue weighted by molar-refractivity contribution is -0.688. The summed E-state index contributed by atoms with van der Waals surface area (Å²) in [4.78, 5) is 0.126. The van der Waals surface area contributed by atoms with Gasteiger partial charge in [0.25, 0.3) is 9.05 Å². The Kier molecular flexibility index (Phi) is 5.31. The van der Waals surface area contributed by atoms with Gasteiger partial charge in [-0.05, 0) is 12.1 Å². The molecule has 0 N–H and O–H groups in total. The Balaban J connectivity index is 0.00000162. The molecule has 2 aromatic rings. The molecule has 0 aliphatic carbocycles. The molecule has 0 bridgehead atoms. The van der Waals surface area contributed by atoms with Crippen LogP contribution in [-0.2, 0) is 15.6 Å². The van der Waals surface area contributed by atoms with Crippen molar-refractivity contribution in [2.24, 2.45) is 0 Å². The molecule has 0 aliphatic heterocycles. The number of pyridine rings is 1. The van der Waals surface area contributed by atoms with Gasteiger partial charge in [0, 0.05) is 28.4 Å². The third-order valence-corrected chi connectivity index (χ3v) is 3.72. The van der Waals surface area contributed by atoms with Crippen LogP contribution in [0.1, 0.15) is 5.56 Å². The molecule has 0 aliphatic rings. The standard InChI is InChI=1S/C12H11ClNO2S.BrH/c13-17(15,16)12-6-4-11(5-7-12)10-14-8-2-1-3-9-14;/h1-9H,10H2;1H/q+1;/p-1. The Morgan fingerprint density at radius 2 is 1.56 bits per heavy atom. The zero-order valence-corrected chi connectivity index (χ0v) is 12.5. The van der Waals surface area contributed by atoms with Gasteiger partial charge in [-0.1, -0.05) is 18.2 Å². The van der Waals surface area contributed by atoms with Crippen molar-refractivity contribution in [2.45, 2.75) is 11.4 Å². The van der Waals surface area contributed by atoms with Crippen LogP contribution in [0.4, 0.5) is 0 Å². The summed E-state index contributed by atoms with van der Waals surface area (Å²) < 4.78 is 24.1. The van der Waals surface area contributed by atoms with Crippen LogP contribution >= 0.6 is 10.7 Å². The first-order chi connectivity index (χ1) is 8.05. The molecule has 0 saturated carbocycles. The summed E-state index contributed by atoms with van der Waals surface area (Å²) in [5.74, 6) is 0. The first kappa shape index (κ1) is 15.1. The fourth-order valence-corrected chi connectivity index (χ4v) is 2.28. The highest BCUT2D eigenvalue weighted by molar-refractivity contribution is 8.13. The van der Waals surface area contributed by atoms with Gasteiger partial charge in [0.2, 0.25) is 0 Å². The smallest absolute Gasteiger partial charge is 0.261 e. The van der Waals surface area contributed by atoms with Crippen LogP contribution in [0, 0.1) is 0 Å². The highest BCUT2D eigenvalue weighted by Gasteiger charge is 2.09. The normalized spacial score (nSPS) is 10.7. The summed E-state index contributed by atoms with van der Waals surface area (Å²) >= 11 is 0. The molecule has 0 fully saturated rings. The monoisotopic (exact) mass is 347 g/mol. The summed E-state index contributed by atoms with van der Waals surface area (Å²) in [5.41, 5.74) is 1.02. The molecule has 0 spiro atoms. The van der Waals surface area contributed by atoms with Crippen LogP contribution in [0.15, 0.2) is 59.8 Å². The van der Waals surface area contributed by atoms with Gasteiger partial charge in [0.05, 0.1) is 4.90 Å². The summed E-state index contributed by atoms with van der Waals surface area (Å²) in [6, 6.07) is 12.4. The van der Waals surface area contributed by atoms with Crippen molar-refractivity contribution < 1.29 is 30.0 Å².